The smallest absolute Gasteiger partial charge is 0.181 e. The molecule has 2 unspecified atom stereocenters. The van der Waals surface area contributed by atoms with E-state index in [2.05, 4.69) is 6.92 Å². The van der Waals surface area contributed by atoms with E-state index in [1.165, 1.54) is 0 Å². The number of aliphatic hydroxyl groups excluding tert-OH is 3. The normalized spacial score (nSPS) is 34.9. The summed E-state index contributed by atoms with van der Waals surface area (Å²) in [5, 5.41) is 33.2. The number of ketones is 2. The number of aliphatic hydroxyl groups is 3. The second-order valence-electron chi connectivity index (χ2n) is 13.7. The average molecular weight is 602 g/mol. The molecule has 4 aliphatic carbocycles. The third-order valence-corrected chi connectivity index (χ3v) is 11.3. The molecule has 0 heterocycles. The Morgan fingerprint density at radius 3 is 2.70 bits per heavy atom. The number of anilines is 1. The lowest BCUT2D eigenvalue weighted by Gasteiger charge is -2.58. The summed E-state index contributed by atoms with van der Waals surface area (Å²) in [6.07, 6.45) is 5.07. The number of carbonyl (C=O) groups is 2. The van der Waals surface area contributed by atoms with Crippen molar-refractivity contribution in [1.82, 2.24) is 0 Å². The second kappa shape index (κ2) is 11.6. The van der Waals surface area contributed by atoms with E-state index >= 15 is 0 Å². The highest BCUT2D eigenvalue weighted by molar-refractivity contribution is 6.01. The van der Waals surface area contributed by atoms with E-state index in [1.54, 1.807) is 18.2 Å². The van der Waals surface area contributed by atoms with E-state index in [1.807, 2.05) is 56.3 Å². The van der Waals surface area contributed by atoms with Crippen molar-refractivity contribution in [2.24, 2.45) is 34.5 Å². The number of nitrogen functional groups attached to an aromatic ring is 1. The standard InChI is InChI=1S/C36H43NO7/c1-20-8-10-24(43-19-21-6-4-5-7-28(21)37)15-26(20)34(42)44-31-16-27-25-11-9-22-14-23(39)12-13-35(22,2)32(25)29(40)17-36(27,3)33(31)30(41)18-38/h4-8,10,12-15,25,27,29,31-34,38,40,42H,9,11,16-19,37H2,1-3H3/t25-,27?,29-,31+,32?,33-,34-,35-,36-/m0/s1. The molecule has 0 aliphatic heterocycles. The number of rotatable bonds is 8. The van der Waals surface area contributed by atoms with Crippen LogP contribution >= 0.6 is 0 Å². The Hall–Kier alpha value is -3.30. The maximum atomic E-state index is 13.4. The molecular weight excluding hydrogens is 558 g/mol. The first-order valence-corrected chi connectivity index (χ1v) is 15.6. The first-order valence-electron chi connectivity index (χ1n) is 15.6. The summed E-state index contributed by atoms with van der Waals surface area (Å²) in [7, 11) is 0. The lowest BCUT2D eigenvalue weighted by atomic mass is 9.46. The molecule has 0 radical (unpaired) electrons. The summed E-state index contributed by atoms with van der Waals surface area (Å²) in [5.41, 5.74) is 8.91. The Labute approximate surface area is 258 Å². The van der Waals surface area contributed by atoms with Crippen LogP contribution in [0.25, 0.3) is 0 Å². The van der Waals surface area contributed by atoms with Gasteiger partial charge in [-0.15, -0.1) is 0 Å². The molecule has 3 fully saturated rings. The number of nitrogens with two attached hydrogens (primary N) is 1. The zero-order chi connectivity index (χ0) is 31.4. The van der Waals surface area contributed by atoms with Crippen LogP contribution in [0.1, 0.15) is 62.5 Å². The van der Waals surface area contributed by atoms with Crippen molar-refractivity contribution in [3.05, 3.63) is 83.0 Å². The molecule has 0 spiro atoms. The summed E-state index contributed by atoms with van der Waals surface area (Å²) < 4.78 is 12.4. The monoisotopic (exact) mass is 601 g/mol. The van der Waals surface area contributed by atoms with Crippen LogP contribution in [0, 0.1) is 41.4 Å². The minimum absolute atomic E-state index is 0.0167. The van der Waals surface area contributed by atoms with E-state index in [4.69, 9.17) is 15.2 Å². The third kappa shape index (κ3) is 5.11. The Balaban J connectivity index is 1.26. The quantitative estimate of drug-likeness (QED) is 0.254. The average Bonchev–Trinajstić information content (AvgIpc) is 3.28. The topological polar surface area (TPSA) is 139 Å². The minimum Gasteiger partial charge on any atom is -0.489 e. The highest BCUT2D eigenvalue weighted by Gasteiger charge is 2.65. The van der Waals surface area contributed by atoms with E-state index in [-0.39, 0.29) is 35.9 Å². The number of hydrogen-bond donors (Lipinski definition) is 4. The van der Waals surface area contributed by atoms with Gasteiger partial charge in [0.1, 0.15) is 19.0 Å². The SMILES string of the molecule is Cc1ccc(OCc2ccccc2N)cc1[C@@H](O)O[C@@H]1CC2[C@@H]3CCC4=CC(=O)C=C[C@]4(C)C3[C@@H](O)C[C@]2(C)[C@H]1C(=O)CO. The number of aryl methyl sites for hydroxylation is 1. The summed E-state index contributed by atoms with van der Waals surface area (Å²) in [4.78, 5) is 25.6. The Bertz CT molecular complexity index is 1520. The number of para-hydroxylation sites is 1. The van der Waals surface area contributed by atoms with E-state index in [0.717, 1.165) is 29.5 Å². The molecule has 234 valence electrons. The molecule has 0 amide bonds. The number of fused-ring (bicyclic) bond motifs is 5. The number of carbonyl (C=O) groups excluding carboxylic acids is 2. The van der Waals surface area contributed by atoms with E-state index < -0.39 is 41.9 Å². The first kappa shape index (κ1) is 30.7. The van der Waals surface area contributed by atoms with Crippen molar-refractivity contribution < 1.29 is 34.4 Å². The molecule has 0 bridgehead atoms. The van der Waals surface area contributed by atoms with Crippen LogP contribution in [0.4, 0.5) is 5.69 Å². The lowest BCUT2D eigenvalue weighted by Crippen LogP contribution is -2.56. The lowest BCUT2D eigenvalue weighted by molar-refractivity contribution is -0.167. The third-order valence-electron chi connectivity index (χ3n) is 11.3. The first-order chi connectivity index (χ1) is 21.0. The predicted molar refractivity (Wildman–Crippen MR) is 165 cm³/mol. The molecular formula is C36H43NO7. The second-order valence-corrected chi connectivity index (χ2v) is 13.7. The maximum absolute atomic E-state index is 13.4. The molecule has 0 saturated heterocycles. The molecule has 3 saturated carbocycles. The summed E-state index contributed by atoms with van der Waals surface area (Å²) in [5.74, 6) is -0.465. The van der Waals surface area contributed by atoms with E-state index in [0.29, 0.717) is 29.8 Å². The zero-order valence-electron chi connectivity index (χ0n) is 25.6. The minimum atomic E-state index is -1.32. The van der Waals surface area contributed by atoms with Gasteiger partial charge in [0.15, 0.2) is 17.9 Å². The highest BCUT2D eigenvalue weighted by Crippen LogP contribution is 2.66. The number of ether oxygens (including phenoxy) is 2. The van der Waals surface area contributed by atoms with Crippen LogP contribution in [0.3, 0.4) is 0 Å². The Kier molecular flexibility index (Phi) is 8.07. The molecule has 2 aromatic carbocycles. The van der Waals surface area contributed by atoms with Gasteiger partial charge in [-0.2, -0.15) is 0 Å². The van der Waals surface area contributed by atoms with Gasteiger partial charge in [0.25, 0.3) is 0 Å². The van der Waals surface area contributed by atoms with Gasteiger partial charge < -0.3 is 30.5 Å². The van der Waals surface area contributed by atoms with Crippen LogP contribution in [0.15, 0.2) is 66.3 Å². The molecule has 8 nitrogen and oxygen atoms in total. The van der Waals surface area contributed by atoms with Crippen LogP contribution < -0.4 is 10.5 Å². The number of hydrogen-bond acceptors (Lipinski definition) is 8. The van der Waals surface area contributed by atoms with Crippen molar-refractivity contribution in [2.75, 3.05) is 12.3 Å². The molecule has 9 atom stereocenters. The van der Waals surface area contributed by atoms with Crippen molar-refractivity contribution in [2.45, 2.75) is 71.6 Å². The molecule has 8 heteroatoms. The van der Waals surface area contributed by atoms with Crippen LogP contribution in [0.2, 0.25) is 0 Å². The fourth-order valence-electron chi connectivity index (χ4n) is 9.17. The van der Waals surface area contributed by atoms with Crippen LogP contribution in [0.5, 0.6) is 5.75 Å². The van der Waals surface area contributed by atoms with Gasteiger partial charge in [-0.05, 0) is 85.8 Å². The van der Waals surface area contributed by atoms with Crippen molar-refractivity contribution >= 4 is 17.3 Å². The van der Waals surface area contributed by atoms with E-state index in [9.17, 15) is 24.9 Å². The fraction of sp³-hybridized carbons (Fsp3) is 0.500. The predicted octanol–water partition coefficient (Wildman–Crippen LogP) is 4.60. The van der Waals surface area contributed by atoms with Crippen LogP contribution in [-0.4, -0.2) is 45.7 Å². The van der Waals surface area contributed by atoms with Crippen molar-refractivity contribution in [1.29, 1.82) is 0 Å². The van der Waals surface area contributed by atoms with Gasteiger partial charge in [-0.3, -0.25) is 9.59 Å². The highest BCUT2D eigenvalue weighted by atomic mass is 16.6. The molecule has 44 heavy (non-hydrogen) atoms. The summed E-state index contributed by atoms with van der Waals surface area (Å²) in [6, 6.07) is 12.9. The van der Waals surface area contributed by atoms with Crippen LogP contribution in [-0.2, 0) is 20.9 Å². The fourth-order valence-corrected chi connectivity index (χ4v) is 9.17. The Morgan fingerprint density at radius 1 is 1.18 bits per heavy atom. The molecule has 0 aromatic heterocycles. The van der Waals surface area contributed by atoms with Crippen molar-refractivity contribution in [3.8, 4) is 5.75 Å². The maximum Gasteiger partial charge on any atom is 0.181 e. The Morgan fingerprint density at radius 2 is 1.95 bits per heavy atom. The zero-order valence-corrected chi connectivity index (χ0v) is 25.6. The van der Waals surface area contributed by atoms with Gasteiger partial charge in [0, 0.05) is 28.1 Å². The molecule has 5 N–H and O–H groups in total. The van der Waals surface area contributed by atoms with Gasteiger partial charge in [0.2, 0.25) is 0 Å². The largest absolute Gasteiger partial charge is 0.489 e. The molecule has 6 rings (SSSR count). The van der Waals surface area contributed by atoms with Gasteiger partial charge in [-0.1, -0.05) is 49.8 Å². The summed E-state index contributed by atoms with van der Waals surface area (Å²) in [6.45, 7) is 5.66. The van der Waals surface area contributed by atoms with Crippen molar-refractivity contribution in [3.63, 3.8) is 0 Å². The molecule has 4 aliphatic rings. The summed E-state index contributed by atoms with van der Waals surface area (Å²) >= 11 is 0. The number of allylic oxidation sites excluding steroid dienone is 4. The van der Waals surface area contributed by atoms with Gasteiger partial charge in [-0.25, -0.2) is 0 Å². The molecule has 2 aromatic rings. The number of benzene rings is 2. The van der Waals surface area contributed by atoms with Gasteiger partial charge in [0.05, 0.1) is 18.1 Å². The number of Topliss-reactive ketones (excluding diaryl/α,β-unsaturated/α-hetero) is 1. The van der Waals surface area contributed by atoms with Gasteiger partial charge >= 0.3 is 0 Å².